The van der Waals surface area contributed by atoms with Crippen LogP contribution in [0.25, 0.3) is 0 Å². The van der Waals surface area contributed by atoms with Crippen LogP contribution in [0, 0.1) is 22.7 Å². The molecule has 0 radical (unpaired) electrons. The van der Waals surface area contributed by atoms with Gasteiger partial charge in [0.25, 0.3) is 0 Å². The van der Waals surface area contributed by atoms with Crippen LogP contribution in [0.3, 0.4) is 0 Å². The summed E-state index contributed by atoms with van der Waals surface area (Å²) < 4.78 is 11.1. The molecule has 0 N–H and O–H groups in total. The molecular formula is C20H26O3. The van der Waals surface area contributed by atoms with Gasteiger partial charge in [0.05, 0.1) is 17.9 Å². The molecule has 1 saturated heterocycles. The Morgan fingerprint density at radius 1 is 1.39 bits per heavy atom. The lowest BCUT2D eigenvalue weighted by atomic mass is 9.46. The zero-order valence-corrected chi connectivity index (χ0v) is 14.3. The molecular weight excluding hydrogens is 288 g/mol. The fourth-order valence-corrected chi connectivity index (χ4v) is 5.68. The maximum absolute atomic E-state index is 13.0. The number of carbonyl (C=O) groups is 1. The lowest BCUT2D eigenvalue weighted by molar-refractivity contribution is -0.151. The van der Waals surface area contributed by atoms with Gasteiger partial charge in [0.1, 0.15) is 6.10 Å². The summed E-state index contributed by atoms with van der Waals surface area (Å²) in [5.41, 5.74) is 2.41. The minimum atomic E-state index is -0.329. The first-order valence-corrected chi connectivity index (χ1v) is 8.88. The van der Waals surface area contributed by atoms with E-state index in [4.69, 9.17) is 9.15 Å². The van der Waals surface area contributed by atoms with Crippen LogP contribution < -0.4 is 0 Å². The molecule has 3 aliphatic rings. The monoisotopic (exact) mass is 314 g/mol. The van der Waals surface area contributed by atoms with Gasteiger partial charge >= 0.3 is 5.97 Å². The van der Waals surface area contributed by atoms with E-state index in [1.807, 2.05) is 6.07 Å². The Kier molecular flexibility index (Phi) is 3.26. The van der Waals surface area contributed by atoms with Crippen LogP contribution in [-0.2, 0) is 16.0 Å². The van der Waals surface area contributed by atoms with E-state index in [1.165, 1.54) is 11.1 Å². The second-order valence-electron chi connectivity index (χ2n) is 8.04. The highest BCUT2D eigenvalue weighted by Gasteiger charge is 2.67. The topological polar surface area (TPSA) is 39.4 Å². The molecule has 1 saturated carbocycles. The van der Waals surface area contributed by atoms with Crippen molar-refractivity contribution in [2.24, 2.45) is 22.7 Å². The molecule has 0 aromatic carbocycles. The van der Waals surface area contributed by atoms with E-state index in [2.05, 4.69) is 26.8 Å². The van der Waals surface area contributed by atoms with Crippen LogP contribution in [0.15, 0.2) is 34.7 Å². The number of fused-ring (bicyclic) bond motifs is 4. The van der Waals surface area contributed by atoms with Gasteiger partial charge in [-0.15, -0.1) is 0 Å². The third-order valence-corrected chi connectivity index (χ3v) is 7.24. The second kappa shape index (κ2) is 4.99. The maximum Gasteiger partial charge on any atom is 0.313 e. The molecule has 2 heterocycles. The first kappa shape index (κ1) is 15.0. The molecule has 0 amide bonds. The molecule has 0 spiro atoms. The number of rotatable bonds is 3. The van der Waals surface area contributed by atoms with Crippen molar-refractivity contribution in [3.63, 3.8) is 0 Å². The Hall–Kier alpha value is -1.51. The molecule has 2 bridgehead atoms. The molecule has 3 nitrogen and oxygen atoms in total. The molecule has 124 valence electrons. The summed E-state index contributed by atoms with van der Waals surface area (Å²) in [5.74, 6) is 0.765. The Bertz CT molecular complexity index is 644. The SMILES string of the molecule is CC1=CCC[C@@H]2[C@]3(CCc4ccoc4)C(=O)O[C@H](C[C@@]12C)[C@H]3C. The van der Waals surface area contributed by atoms with Crippen molar-refractivity contribution in [1.29, 1.82) is 0 Å². The zero-order valence-electron chi connectivity index (χ0n) is 14.3. The summed E-state index contributed by atoms with van der Waals surface area (Å²) in [4.78, 5) is 13.0. The number of hydrogen-bond donors (Lipinski definition) is 0. The molecule has 1 aromatic rings. The van der Waals surface area contributed by atoms with Crippen molar-refractivity contribution in [2.45, 2.75) is 59.0 Å². The van der Waals surface area contributed by atoms with E-state index in [0.29, 0.717) is 11.8 Å². The highest BCUT2D eigenvalue weighted by molar-refractivity contribution is 5.81. The molecule has 3 heteroatoms. The van der Waals surface area contributed by atoms with Crippen LogP contribution in [0.5, 0.6) is 0 Å². The van der Waals surface area contributed by atoms with E-state index in [9.17, 15) is 4.79 Å². The second-order valence-corrected chi connectivity index (χ2v) is 8.04. The van der Waals surface area contributed by atoms with E-state index in [1.54, 1.807) is 12.5 Å². The summed E-state index contributed by atoms with van der Waals surface area (Å²) >= 11 is 0. The van der Waals surface area contributed by atoms with Crippen molar-refractivity contribution in [3.05, 3.63) is 35.8 Å². The van der Waals surface area contributed by atoms with Gasteiger partial charge < -0.3 is 9.15 Å². The van der Waals surface area contributed by atoms with Gasteiger partial charge in [-0.25, -0.2) is 0 Å². The predicted octanol–water partition coefficient (Wildman–Crippen LogP) is 4.53. The number of esters is 1. The van der Waals surface area contributed by atoms with Crippen molar-refractivity contribution < 1.29 is 13.9 Å². The Labute approximate surface area is 138 Å². The molecule has 23 heavy (non-hydrogen) atoms. The minimum Gasteiger partial charge on any atom is -0.472 e. The Morgan fingerprint density at radius 2 is 2.22 bits per heavy atom. The van der Waals surface area contributed by atoms with Gasteiger partial charge in [0.15, 0.2) is 0 Å². The summed E-state index contributed by atoms with van der Waals surface area (Å²) in [5, 5.41) is 0. The van der Waals surface area contributed by atoms with E-state index >= 15 is 0 Å². The molecule has 1 aromatic heterocycles. The quantitative estimate of drug-likeness (QED) is 0.608. The number of hydrogen-bond acceptors (Lipinski definition) is 3. The molecule has 4 rings (SSSR count). The van der Waals surface area contributed by atoms with Crippen LogP contribution >= 0.6 is 0 Å². The summed E-state index contributed by atoms with van der Waals surface area (Å²) in [6.45, 7) is 6.84. The molecule has 2 aliphatic carbocycles. The summed E-state index contributed by atoms with van der Waals surface area (Å²) in [6.07, 6.45) is 10.9. The summed E-state index contributed by atoms with van der Waals surface area (Å²) in [7, 11) is 0. The fraction of sp³-hybridized carbons (Fsp3) is 0.650. The largest absolute Gasteiger partial charge is 0.472 e. The van der Waals surface area contributed by atoms with Crippen molar-refractivity contribution in [3.8, 4) is 0 Å². The minimum absolute atomic E-state index is 0.0573. The average Bonchev–Trinajstić information content (AvgIpc) is 3.08. The number of carbonyl (C=O) groups excluding carboxylic acids is 1. The van der Waals surface area contributed by atoms with Gasteiger partial charge in [-0.05, 0) is 62.0 Å². The maximum atomic E-state index is 13.0. The highest BCUT2D eigenvalue weighted by atomic mass is 16.6. The zero-order chi connectivity index (χ0) is 16.2. The molecule has 5 atom stereocenters. The van der Waals surface area contributed by atoms with E-state index in [0.717, 1.165) is 32.1 Å². The average molecular weight is 314 g/mol. The third kappa shape index (κ3) is 1.91. The number of furan rings is 1. The van der Waals surface area contributed by atoms with Gasteiger partial charge in [-0.1, -0.05) is 25.5 Å². The first-order chi connectivity index (χ1) is 11.0. The van der Waals surface area contributed by atoms with E-state index < -0.39 is 0 Å². The van der Waals surface area contributed by atoms with E-state index in [-0.39, 0.29) is 22.9 Å². The fourth-order valence-electron chi connectivity index (χ4n) is 5.68. The Balaban J connectivity index is 1.74. The first-order valence-electron chi connectivity index (χ1n) is 8.88. The van der Waals surface area contributed by atoms with Crippen molar-refractivity contribution in [1.82, 2.24) is 0 Å². The van der Waals surface area contributed by atoms with Crippen molar-refractivity contribution in [2.75, 3.05) is 0 Å². The lowest BCUT2D eigenvalue weighted by Crippen LogP contribution is -2.54. The molecule has 1 aliphatic heterocycles. The smallest absolute Gasteiger partial charge is 0.313 e. The normalized spacial score (nSPS) is 42.1. The molecule has 0 unspecified atom stereocenters. The third-order valence-electron chi connectivity index (χ3n) is 7.24. The van der Waals surface area contributed by atoms with Crippen LogP contribution in [0.2, 0.25) is 0 Å². The summed E-state index contributed by atoms with van der Waals surface area (Å²) in [6, 6.07) is 2.01. The molecule has 2 fully saturated rings. The number of allylic oxidation sites excluding steroid dienone is 2. The highest BCUT2D eigenvalue weighted by Crippen LogP contribution is 2.65. The van der Waals surface area contributed by atoms with Gasteiger partial charge in [0, 0.05) is 5.92 Å². The number of ether oxygens (including phenoxy) is 1. The Morgan fingerprint density at radius 3 is 2.96 bits per heavy atom. The van der Waals surface area contributed by atoms with Crippen molar-refractivity contribution >= 4 is 5.97 Å². The lowest BCUT2D eigenvalue weighted by Gasteiger charge is -2.54. The number of aryl methyl sites for hydroxylation is 1. The van der Waals surface area contributed by atoms with Crippen LogP contribution in [0.1, 0.15) is 52.0 Å². The van der Waals surface area contributed by atoms with Crippen LogP contribution in [-0.4, -0.2) is 12.1 Å². The van der Waals surface area contributed by atoms with Gasteiger partial charge in [-0.2, -0.15) is 0 Å². The van der Waals surface area contributed by atoms with Crippen LogP contribution in [0.4, 0.5) is 0 Å². The van der Waals surface area contributed by atoms with Gasteiger partial charge in [0.2, 0.25) is 0 Å². The predicted molar refractivity (Wildman–Crippen MR) is 87.7 cm³/mol. The van der Waals surface area contributed by atoms with Gasteiger partial charge in [-0.3, -0.25) is 4.79 Å². The standard InChI is InChI=1S/C20H26O3/c1-13-5-4-6-17-19(13,3)11-16-14(2)20(17,18(21)23-16)9-7-15-8-10-22-12-15/h5,8,10,12,14,16-17H,4,6-7,9,11H2,1-3H3/t14-,16-,17+,19+,20-/m1/s1.